The molecule has 0 aliphatic heterocycles. The van der Waals surface area contributed by atoms with Gasteiger partial charge in [0.2, 0.25) is 0 Å². The maximum atomic E-state index is 12.7. The molecule has 0 saturated carbocycles. The van der Waals surface area contributed by atoms with Gasteiger partial charge in [-0.3, -0.25) is 4.79 Å². The van der Waals surface area contributed by atoms with Crippen LogP contribution in [0.5, 0.6) is 0 Å². The van der Waals surface area contributed by atoms with Gasteiger partial charge in [-0.15, -0.1) is 0 Å². The van der Waals surface area contributed by atoms with E-state index in [0.29, 0.717) is 0 Å². The first-order valence-corrected chi connectivity index (χ1v) is 6.56. The van der Waals surface area contributed by atoms with Crippen molar-refractivity contribution < 1.29 is 22.4 Å². The molecule has 0 heterocycles. The Kier molecular flexibility index (Phi) is 5.99. The number of aryl methyl sites for hydroxylation is 1. The molecule has 21 heavy (non-hydrogen) atoms. The number of nitrogens with one attached hydrogen (secondary N) is 2. The molecule has 0 atom stereocenters. The molecular formula is C14H18F4N2O. The monoisotopic (exact) mass is 306 g/mol. The number of carbonyl (C=O) groups excluding carboxylic acids is 1. The molecule has 0 bridgehead atoms. The van der Waals surface area contributed by atoms with Gasteiger partial charge in [0.1, 0.15) is 0 Å². The van der Waals surface area contributed by atoms with Gasteiger partial charge in [0.15, 0.2) is 0 Å². The van der Waals surface area contributed by atoms with Crippen molar-refractivity contribution in [3.05, 3.63) is 29.3 Å². The van der Waals surface area contributed by atoms with E-state index in [1.165, 1.54) is 12.1 Å². The Hall–Kier alpha value is -1.79. The highest BCUT2D eigenvalue weighted by atomic mass is 19.3. The molecule has 1 rings (SSSR count). The first-order chi connectivity index (χ1) is 9.77. The molecule has 0 aliphatic rings. The van der Waals surface area contributed by atoms with E-state index >= 15 is 0 Å². The summed E-state index contributed by atoms with van der Waals surface area (Å²) >= 11 is 0. The van der Waals surface area contributed by atoms with Gasteiger partial charge < -0.3 is 10.6 Å². The molecule has 0 fully saturated rings. The first-order valence-electron chi connectivity index (χ1n) is 6.56. The van der Waals surface area contributed by atoms with E-state index < -0.39 is 24.8 Å². The van der Waals surface area contributed by atoms with Gasteiger partial charge in [-0.05, 0) is 37.1 Å². The zero-order valence-electron chi connectivity index (χ0n) is 11.9. The number of anilines is 1. The maximum absolute atomic E-state index is 12.7. The van der Waals surface area contributed by atoms with E-state index in [1.807, 2.05) is 12.2 Å². The fraction of sp³-hybridized carbons (Fsp3) is 0.500. The molecule has 1 aromatic carbocycles. The Balaban J connectivity index is 2.69. The third kappa shape index (κ3) is 4.91. The second-order valence-corrected chi connectivity index (χ2v) is 4.70. The van der Waals surface area contributed by atoms with Gasteiger partial charge in [-0.1, -0.05) is 6.92 Å². The number of carbonyl (C=O) groups is 1. The van der Waals surface area contributed by atoms with Crippen molar-refractivity contribution in [2.24, 2.45) is 0 Å². The fourth-order valence-electron chi connectivity index (χ4n) is 1.64. The summed E-state index contributed by atoms with van der Waals surface area (Å²) in [6, 6.07) is 4.64. The van der Waals surface area contributed by atoms with Crippen LogP contribution in [0.1, 0.15) is 29.3 Å². The average Bonchev–Trinajstić information content (AvgIpc) is 2.43. The molecule has 0 aliphatic carbocycles. The van der Waals surface area contributed by atoms with Crippen molar-refractivity contribution in [1.82, 2.24) is 5.32 Å². The molecule has 0 saturated heterocycles. The van der Waals surface area contributed by atoms with Crippen molar-refractivity contribution >= 4 is 11.6 Å². The molecule has 0 aromatic heterocycles. The molecule has 0 unspecified atom stereocenters. The number of benzene rings is 1. The quantitative estimate of drug-likeness (QED) is 0.758. The van der Waals surface area contributed by atoms with Crippen molar-refractivity contribution in [1.29, 1.82) is 0 Å². The molecule has 2 N–H and O–H groups in total. The van der Waals surface area contributed by atoms with E-state index in [-0.39, 0.29) is 5.56 Å². The van der Waals surface area contributed by atoms with E-state index in [9.17, 15) is 22.4 Å². The summed E-state index contributed by atoms with van der Waals surface area (Å²) in [6.07, 6.45) is -2.87. The first kappa shape index (κ1) is 17.3. The van der Waals surface area contributed by atoms with E-state index in [0.717, 1.165) is 24.2 Å². The van der Waals surface area contributed by atoms with Crippen LogP contribution in [0, 0.1) is 6.92 Å². The zero-order valence-corrected chi connectivity index (χ0v) is 11.9. The van der Waals surface area contributed by atoms with E-state index in [2.05, 4.69) is 5.32 Å². The number of hydrogen-bond acceptors (Lipinski definition) is 2. The van der Waals surface area contributed by atoms with Crippen LogP contribution in [0.2, 0.25) is 0 Å². The Morgan fingerprint density at radius 2 is 2.00 bits per heavy atom. The topological polar surface area (TPSA) is 41.1 Å². The normalized spacial score (nSPS) is 11.6. The summed E-state index contributed by atoms with van der Waals surface area (Å²) in [5, 5.41) is 4.97. The van der Waals surface area contributed by atoms with E-state index in [4.69, 9.17) is 0 Å². The molecule has 118 valence electrons. The lowest BCUT2D eigenvalue weighted by Gasteiger charge is -2.16. The van der Waals surface area contributed by atoms with Crippen molar-refractivity contribution in [3.8, 4) is 0 Å². The smallest absolute Gasteiger partial charge is 0.324 e. The summed E-state index contributed by atoms with van der Waals surface area (Å²) in [6.45, 7) is 3.15. The van der Waals surface area contributed by atoms with Crippen LogP contribution in [0.4, 0.5) is 23.2 Å². The number of rotatable bonds is 7. The van der Waals surface area contributed by atoms with Crippen LogP contribution < -0.4 is 10.6 Å². The minimum absolute atomic E-state index is 0.152. The lowest BCUT2D eigenvalue weighted by Crippen LogP contribution is -2.41. The van der Waals surface area contributed by atoms with Crippen LogP contribution in [-0.4, -0.2) is 31.3 Å². The lowest BCUT2D eigenvalue weighted by molar-refractivity contribution is -0.123. The fourth-order valence-corrected chi connectivity index (χ4v) is 1.64. The number of halogens is 4. The third-order valence-corrected chi connectivity index (χ3v) is 2.86. The number of alkyl halides is 4. The summed E-state index contributed by atoms with van der Waals surface area (Å²) in [7, 11) is 0. The van der Waals surface area contributed by atoms with Gasteiger partial charge in [0.05, 0.1) is 6.54 Å². The Morgan fingerprint density at radius 1 is 1.33 bits per heavy atom. The van der Waals surface area contributed by atoms with Crippen LogP contribution in [-0.2, 0) is 0 Å². The minimum atomic E-state index is -4.23. The Morgan fingerprint density at radius 3 is 2.52 bits per heavy atom. The van der Waals surface area contributed by atoms with Crippen molar-refractivity contribution in [3.63, 3.8) is 0 Å². The largest absolute Gasteiger partial charge is 0.385 e. The molecule has 1 aromatic rings. The van der Waals surface area contributed by atoms with Crippen LogP contribution in [0.3, 0.4) is 0 Å². The molecule has 7 heteroatoms. The molecule has 3 nitrogen and oxygen atoms in total. The van der Waals surface area contributed by atoms with Crippen LogP contribution in [0.15, 0.2) is 18.2 Å². The summed E-state index contributed by atoms with van der Waals surface area (Å²) in [5.74, 6) is -5.03. The second kappa shape index (κ2) is 7.28. The third-order valence-electron chi connectivity index (χ3n) is 2.86. The molecule has 0 radical (unpaired) electrons. The van der Waals surface area contributed by atoms with Crippen molar-refractivity contribution in [2.45, 2.75) is 32.6 Å². The standard InChI is InChI=1S/C14H18F4N2O/c1-3-6-19-11-5-4-10(7-9(11)2)12(21)20-8-14(17,18)13(15)16/h4-5,7,13,19H,3,6,8H2,1-2H3,(H,20,21). The maximum Gasteiger partial charge on any atom is 0.324 e. The van der Waals surface area contributed by atoms with Crippen molar-refractivity contribution in [2.75, 3.05) is 18.4 Å². The minimum Gasteiger partial charge on any atom is -0.385 e. The van der Waals surface area contributed by atoms with Crippen LogP contribution >= 0.6 is 0 Å². The highest BCUT2D eigenvalue weighted by Crippen LogP contribution is 2.22. The zero-order chi connectivity index (χ0) is 16.0. The Labute approximate surface area is 120 Å². The predicted molar refractivity (Wildman–Crippen MR) is 73.2 cm³/mol. The van der Waals surface area contributed by atoms with Crippen LogP contribution in [0.25, 0.3) is 0 Å². The molecule has 1 amide bonds. The number of amides is 1. The van der Waals surface area contributed by atoms with Gasteiger partial charge in [0.25, 0.3) is 5.91 Å². The summed E-state index contributed by atoms with van der Waals surface area (Å²) in [4.78, 5) is 11.7. The SMILES string of the molecule is CCCNc1ccc(C(=O)NCC(F)(F)C(F)F)cc1C. The lowest BCUT2D eigenvalue weighted by atomic mass is 10.1. The summed E-state index contributed by atoms with van der Waals surface area (Å²) < 4.78 is 49.4. The molecular weight excluding hydrogens is 288 g/mol. The van der Waals surface area contributed by atoms with Gasteiger partial charge >= 0.3 is 12.3 Å². The average molecular weight is 306 g/mol. The highest BCUT2D eigenvalue weighted by molar-refractivity contribution is 5.94. The second-order valence-electron chi connectivity index (χ2n) is 4.70. The number of hydrogen-bond donors (Lipinski definition) is 2. The Bertz CT molecular complexity index is 492. The van der Waals surface area contributed by atoms with Gasteiger partial charge in [0, 0.05) is 17.8 Å². The van der Waals surface area contributed by atoms with Gasteiger partial charge in [-0.2, -0.15) is 8.78 Å². The van der Waals surface area contributed by atoms with Gasteiger partial charge in [-0.25, -0.2) is 8.78 Å². The summed E-state index contributed by atoms with van der Waals surface area (Å²) in [5.41, 5.74) is 1.77. The van der Waals surface area contributed by atoms with E-state index in [1.54, 1.807) is 13.0 Å². The predicted octanol–water partition coefficient (Wildman–Crippen LogP) is 3.45. The molecule has 0 spiro atoms. The highest BCUT2D eigenvalue weighted by Gasteiger charge is 2.40.